The van der Waals surface area contributed by atoms with Gasteiger partial charge in [0.25, 0.3) is 0 Å². The number of benzene rings is 1. The average Bonchev–Trinajstić information content (AvgIpc) is 2.89. The molecule has 2 heterocycles. The minimum atomic E-state index is 0.863. The Bertz CT molecular complexity index is 630. The van der Waals surface area contributed by atoms with E-state index in [1.165, 1.54) is 5.56 Å². The predicted octanol–water partition coefficient (Wildman–Crippen LogP) is 2.38. The quantitative estimate of drug-likeness (QED) is 0.758. The Hall–Kier alpha value is -2.36. The molecule has 0 saturated heterocycles. The summed E-state index contributed by atoms with van der Waals surface area (Å²) >= 11 is 0. The van der Waals surface area contributed by atoms with Gasteiger partial charge in [-0.1, -0.05) is 30.3 Å². The van der Waals surface area contributed by atoms with Crippen molar-refractivity contribution in [1.82, 2.24) is 14.6 Å². The van der Waals surface area contributed by atoms with E-state index >= 15 is 0 Å². The predicted molar refractivity (Wildman–Crippen MR) is 71.6 cm³/mol. The average molecular weight is 238 g/mol. The summed E-state index contributed by atoms with van der Waals surface area (Å²) in [5, 5.41) is 7.53. The molecule has 4 nitrogen and oxygen atoms in total. The second-order valence-corrected chi connectivity index (χ2v) is 4.10. The third kappa shape index (κ3) is 2.18. The van der Waals surface area contributed by atoms with Crippen LogP contribution in [0, 0.1) is 0 Å². The number of nitrogens with one attached hydrogen (secondary N) is 1. The Morgan fingerprint density at radius 1 is 1.06 bits per heavy atom. The van der Waals surface area contributed by atoms with Crippen LogP contribution in [0.2, 0.25) is 0 Å². The lowest BCUT2D eigenvalue weighted by Gasteiger charge is -2.06. The number of nitrogens with zero attached hydrogens (tertiary/aromatic N) is 3. The maximum Gasteiger partial charge on any atom is 0.152 e. The van der Waals surface area contributed by atoms with E-state index in [9.17, 15) is 0 Å². The lowest BCUT2D eigenvalue weighted by molar-refractivity contribution is 0.937. The van der Waals surface area contributed by atoms with Gasteiger partial charge < -0.3 is 5.32 Å². The van der Waals surface area contributed by atoms with Crippen LogP contribution in [0.25, 0.3) is 5.52 Å². The molecule has 4 heteroatoms. The van der Waals surface area contributed by atoms with E-state index in [1.807, 2.05) is 22.8 Å². The summed E-state index contributed by atoms with van der Waals surface area (Å²) in [4.78, 5) is 4.34. The van der Waals surface area contributed by atoms with Gasteiger partial charge in [-0.15, -0.1) is 0 Å². The van der Waals surface area contributed by atoms with Crippen LogP contribution in [-0.2, 0) is 6.42 Å². The summed E-state index contributed by atoms with van der Waals surface area (Å²) in [6.07, 6.45) is 6.36. The van der Waals surface area contributed by atoms with E-state index in [1.54, 1.807) is 12.4 Å². The Balaban J connectivity index is 1.68. The van der Waals surface area contributed by atoms with E-state index in [-0.39, 0.29) is 0 Å². The summed E-state index contributed by atoms with van der Waals surface area (Å²) in [6.45, 7) is 0.863. The molecule has 0 radical (unpaired) electrons. The van der Waals surface area contributed by atoms with Crippen LogP contribution in [0.15, 0.2) is 55.0 Å². The summed E-state index contributed by atoms with van der Waals surface area (Å²) < 4.78 is 1.82. The lowest BCUT2D eigenvalue weighted by Crippen LogP contribution is -2.07. The lowest BCUT2D eigenvalue weighted by atomic mass is 10.1. The van der Waals surface area contributed by atoms with Gasteiger partial charge in [-0.25, -0.2) is 9.50 Å². The number of anilines is 1. The normalized spacial score (nSPS) is 10.7. The molecule has 18 heavy (non-hydrogen) atoms. The van der Waals surface area contributed by atoms with Gasteiger partial charge in [-0.3, -0.25) is 0 Å². The van der Waals surface area contributed by atoms with Crippen LogP contribution < -0.4 is 5.32 Å². The van der Waals surface area contributed by atoms with Gasteiger partial charge in [0.05, 0.1) is 6.20 Å². The smallest absolute Gasteiger partial charge is 0.152 e. The largest absolute Gasteiger partial charge is 0.368 e. The summed E-state index contributed by atoms with van der Waals surface area (Å²) in [5.41, 5.74) is 2.33. The SMILES string of the molecule is c1ccc(CCNc2nccn3nccc23)cc1. The van der Waals surface area contributed by atoms with Crippen molar-refractivity contribution in [2.24, 2.45) is 0 Å². The topological polar surface area (TPSA) is 42.2 Å². The fourth-order valence-electron chi connectivity index (χ4n) is 1.96. The van der Waals surface area contributed by atoms with Gasteiger partial charge in [0, 0.05) is 18.9 Å². The molecule has 0 spiro atoms. The molecule has 0 fully saturated rings. The number of rotatable bonds is 4. The van der Waals surface area contributed by atoms with E-state index in [4.69, 9.17) is 0 Å². The molecule has 0 atom stereocenters. The molecule has 3 rings (SSSR count). The van der Waals surface area contributed by atoms with Crippen molar-refractivity contribution in [3.05, 3.63) is 60.6 Å². The fraction of sp³-hybridized carbons (Fsp3) is 0.143. The second-order valence-electron chi connectivity index (χ2n) is 4.10. The first kappa shape index (κ1) is 10.8. The number of hydrogen-bond acceptors (Lipinski definition) is 3. The Labute approximate surface area is 105 Å². The first-order valence-electron chi connectivity index (χ1n) is 5.99. The highest BCUT2D eigenvalue weighted by molar-refractivity contribution is 5.66. The van der Waals surface area contributed by atoms with Crippen molar-refractivity contribution in [2.75, 3.05) is 11.9 Å². The summed E-state index contributed by atoms with van der Waals surface area (Å²) in [5.74, 6) is 0.880. The molecular weight excluding hydrogens is 224 g/mol. The molecule has 0 amide bonds. The van der Waals surface area contributed by atoms with Gasteiger partial charge in [0.2, 0.25) is 0 Å². The molecule has 0 aliphatic carbocycles. The van der Waals surface area contributed by atoms with E-state index in [0.717, 1.165) is 24.3 Å². The van der Waals surface area contributed by atoms with Crippen molar-refractivity contribution in [2.45, 2.75) is 6.42 Å². The second kappa shape index (κ2) is 4.87. The molecule has 1 aromatic carbocycles. The molecule has 0 unspecified atom stereocenters. The monoisotopic (exact) mass is 238 g/mol. The molecule has 1 N–H and O–H groups in total. The van der Waals surface area contributed by atoms with E-state index in [2.05, 4.69) is 39.7 Å². The zero-order valence-electron chi connectivity index (χ0n) is 9.95. The minimum absolute atomic E-state index is 0.863. The van der Waals surface area contributed by atoms with Crippen molar-refractivity contribution in [1.29, 1.82) is 0 Å². The molecule has 0 bridgehead atoms. The van der Waals surface area contributed by atoms with Crippen molar-refractivity contribution in [3.63, 3.8) is 0 Å². The summed E-state index contributed by atoms with van der Waals surface area (Å²) in [7, 11) is 0. The van der Waals surface area contributed by atoms with Gasteiger partial charge >= 0.3 is 0 Å². The third-order valence-electron chi connectivity index (χ3n) is 2.87. The highest BCUT2D eigenvalue weighted by atomic mass is 15.2. The molecule has 90 valence electrons. The first-order chi connectivity index (χ1) is 8.93. The van der Waals surface area contributed by atoms with Crippen molar-refractivity contribution >= 4 is 11.3 Å². The highest BCUT2D eigenvalue weighted by Crippen LogP contribution is 2.12. The molecule has 3 aromatic rings. The minimum Gasteiger partial charge on any atom is -0.368 e. The van der Waals surface area contributed by atoms with Crippen LogP contribution in [-0.4, -0.2) is 21.1 Å². The van der Waals surface area contributed by atoms with Gasteiger partial charge in [0.15, 0.2) is 5.82 Å². The van der Waals surface area contributed by atoms with Gasteiger partial charge in [0.1, 0.15) is 5.52 Å². The Kier molecular flexibility index (Phi) is 2.92. The van der Waals surface area contributed by atoms with Gasteiger partial charge in [-0.05, 0) is 18.1 Å². The summed E-state index contributed by atoms with van der Waals surface area (Å²) in [6, 6.07) is 12.4. The molecular formula is C14H14N4. The molecule has 0 aliphatic rings. The molecule has 0 saturated carbocycles. The van der Waals surface area contributed by atoms with Crippen LogP contribution in [0.3, 0.4) is 0 Å². The molecule has 2 aromatic heterocycles. The zero-order valence-corrected chi connectivity index (χ0v) is 9.95. The maximum absolute atomic E-state index is 4.34. The van der Waals surface area contributed by atoms with E-state index in [0.29, 0.717) is 0 Å². The standard InChI is InChI=1S/C14H14N4/c1-2-4-12(5-3-1)6-8-15-14-13-7-9-17-18(13)11-10-16-14/h1-5,7,9-11H,6,8H2,(H,15,16). The van der Waals surface area contributed by atoms with Crippen LogP contribution in [0.5, 0.6) is 0 Å². The van der Waals surface area contributed by atoms with Crippen molar-refractivity contribution in [3.8, 4) is 0 Å². The van der Waals surface area contributed by atoms with Crippen molar-refractivity contribution < 1.29 is 0 Å². The van der Waals surface area contributed by atoms with Gasteiger partial charge in [-0.2, -0.15) is 5.10 Å². The Morgan fingerprint density at radius 3 is 2.83 bits per heavy atom. The van der Waals surface area contributed by atoms with Crippen LogP contribution in [0.4, 0.5) is 5.82 Å². The van der Waals surface area contributed by atoms with Crippen LogP contribution in [0.1, 0.15) is 5.56 Å². The zero-order chi connectivity index (χ0) is 12.2. The Morgan fingerprint density at radius 2 is 1.94 bits per heavy atom. The number of hydrogen-bond donors (Lipinski definition) is 1. The van der Waals surface area contributed by atoms with Crippen LogP contribution >= 0.6 is 0 Å². The number of fused-ring (bicyclic) bond motifs is 1. The fourth-order valence-corrected chi connectivity index (χ4v) is 1.96. The third-order valence-corrected chi connectivity index (χ3v) is 2.87. The highest BCUT2D eigenvalue weighted by Gasteiger charge is 2.01. The van der Waals surface area contributed by atoms with E-state index < -0.39 is 0 Å². The first-order valence-corrected chi connectivity index (χ1v) is 5.99. The number of aromatic nitrogens is 3. The molecule has 0 aliphatic heterocycles. The maximum atomic E-state index is 4.34.